The first-order valence-electron chi connectivity index (χ1n) is 7.38. The van der Waals surface area contributed by atoms with Gasteiger partial charge in [0.25, 0.3) is 0 Å². The third kappa shape index (κ3) is 2.63. The van der Waals surface area contributed by atoms with Crippen LogP contribution < -0.4 is 5.32 Å². The Labute approximate surface area is 114 Å². The lowest BCUT2D eigenvalue weighted by Crippen LogP contribution is -2.40. The van der Waals surface area contributed by atoms with Crippen molar-refractivity contribution in [1.29, 1.82) is 0 Å². The van der Waals surface area contributed by atoms with Gasteiger partial charge in [0, 0.05) is 30.1 Å². The molecule has 18 heavy (non-hydrogen) atoms. The van der Waals surface area contributed by atoms with Gasteiger partial charge in [-0.25, -0.2) is 0 Å². The molecule has 2 aliphatic rings. The summed E-state index contributed by atoms with van der Waals surface area (Å²) in [6.07, 6.45) is 6.75. The van der Waals surface area contributed by atoms with Crippen LogP contribution in [0.15, 0.2) is 11.4 Å². The molecule has 0 amide bonds. The average molecular weight is 264 g/mol. The monoisotopic (exact) mass is 264 g/mol. The Hall–Kier alpha value is -0.380. The zero-order chi connectivity index (χ0) is 12.4. The predicted molar refractivity (Wildman–Crippen MR) is 78.3 cm³/mol. The van der Waals surface area contributed by atoms with E-state index < -0.39 is 0 Å². The van der Waals surface area contributed by atoms with Gasteiger partial charge in [0.2, 0.25) is 0 Å². The lowest BCUT2D eigenvalue weighted by Gasteiger charge is -2.35. The van der Waals surface area contributed by atoms with Crippen molar-refractivity contribution >= 4 is 11.3 Å². The minimum absolute atomic E-state index is 0.628. The highest BCUT2D eigenvalue weighted by Crippen LogP contribution is 2.32. The van der Waals surface area contributed by atoms with Crippen molar-refractivity contribution in [1.82, 2.24) is 10.2 Å². The topological polar surface area (TPSA) is 15.3 Å². The molecule has 3 heterocycles. The molecule has 0 aromatic carbocycles. The molecule has 2 nitrogen and oxygen atoms in total. The van der Waals surface area contributed by atoms with Crippen LogP contribution in [0.25, 0.3) is 0 Å². The van der Waals surface area contributed by atoms with Crippen molar-refractivity contribution in [3.63, 3.8) is 0 Å². The van der Waals surface area contributed by atoms with Gasteiger partial charge in [-0.1, -0.05) is 6.42 Å². The molecule has 1 aromatic heterocycles. The van der Waals surface area contributed by atoms with E-state index in [1.165, 1.54) is 51.7 Å². The van der Waals surface area contributed by atoms with Crippen molar-refractivity contribution in [3.8, 4) is 0 Å². The van der Waals surface area contributed by atoms with E-state index in [2.05, 4.69) is 28.6 Å². The Morgan fingerprint density at radius 3 is 3.22 bits per heavy atom. The molecule has 1 fully saturated rings. The Balaban J connectivity index is 1.54. The summed E-state index contributed by atoms with van der Waals surface area (Å²) in [5, 5.41) is 5.92. The zero-order valence-electron chi connectivity index (χ0n) is 11.3. The maximum absolute atomic E-state index is 3.66. The van der Waals surface area contributed by atoms with Gasteiger partial charge in [0.15, 0.2) is 0 Å². The van der Waals surface area contributed by atoms with E-state index in [0.29, 0.717) is 6.04 Å². The van der Waals surface area contributed by atoms with E-state index in [1.807, 2.05) is 11.3 Å². The minimum atomic E-state index is 0.628. The average Bonchev–Trinajstić information content (AvgIpc) is 2.88. The van der Waals surface area contributed by atoms with Crippen LogP contribution in [0.3, 0.4) is 0 Å². The Morgan fingerprint density at radius 2 is 2.39 bits per heavy atom. The van der Waals surface area contributed by atoms with Gasteiger partial charge in [0.1, 0.15) is 0 Å². The van der Waals surface area contributed by atoms with Crippen LogP contribution in [-0.4, -0.2) is 30.6 Å². The molecule has 1 saturated heterocycles. The molecule has 2 unspecified atom stereocenters. The summed E-state index contributed by atoms with van der Waals surface area (Å²) in [4.78, 5) is 4.29. The summed E-state index contributed by atoms with van der Waals surface area (Å²) < 4.78 is 0. The molecule has 2 aliphatic heterocycles. The lowest BCUT2D eigenvalue weighted by molar-refractivity contribution is 0.185. The second-order valence-corrected chi connectivity index (χ2v) is 6.70. The molecular weight excluding hydrogens is 240 g/mol. The molecule has 3 rings (SSSR count). The maximum atomic E-state index is 3.66. The van der Waals surface area contributed by atoms with E-state index in [1.54, 1.807) is 10.4 Å². The van der Waals surface area contributed by atoms with Gasteiger partial charge in [-0.2, -0.15) is 0 Å². The van der Waals surface area contributed by atoms with Crippen LogP contribution in [-0.2, 0) is 6.42 Å². The highest BCUT2D eigenvalue weighted by Gasteiger charge is 2.25. The van der Waals surface area contributed by atoms with E-state index in [9.17, 15) is 0 Å². The third-order valence-electron chi connectivity index (χ3n) is 4.58. The van der Waals surface area contributed by atoms with E-state index in [0.717, 1.165) is 6.04 Å². The Kier molecular flexibility index (Phi) is 4.02. The molecular formula is C15H24N2S. The number of hydrogen-bond acceptors (Lipinski definition) is 3. The fourth-order valence-corrected chi connectivity index (χ4v) is 4.32. The van der Waals surface area contributed by atoms with Crippen LogP contribution in [0, 0.1) is 0 Å². The molecule has 2 atom stereocenters. The van der Waals surface area contributed by atoms with E-state index >= 15 is 0 Å². The number of nitrogens with zero attached hydrogens (tertiary/aromatic N) is 1. The summed E-state index contributed by atoms with van der Waals surface area (Å²) in [7, 11) is 0. The molecule has 0 spiro atoms. The second kappa shape index (κ2) is 5.72. The van der Waals surface area contributed by atoms with Gasteiger partial charge in [0.05, 0.1) is 0 Å². The van der Waals surface area contributed by atoms with Gasteiger partial charge >= 0.3 is 0 Å². The Morgan fingerprint density at radius 1 is 1.44 bits per heavy atom. The van der Waals surface area contributed by atoms with Crippen LogP contribution in [0.5, 0.6) is 0 Å². The predicted octanol–water partition coefficient (Wildman–Crippen LogP) is 3.20. The lowest BCUT2D eigenvalue weighted by atomic mass is 9.98. The number of hydrogen-bond donors (Lipinski definition) is 1. The normalized spacial score (nSPS) is 29.2. The third-order valence-corrected chi connectivity index (χ3v) is 5.58. The largest absolute Gasteiger partial charge is 0.314 e. The van der Waals surface area contributed by atoms with E-state index in [-0.39, 0.29) is 0 Å². The summed E-state index contributed by atoms with van der Waals surface area (Å²) in [5.41, 5.74) is 1.59. The van der Waals surface area contributed by atoms with Crippen LogP contribution in [0.4, 0.5) is 0 Å². The van der Waals surface area contributed by atoms with Crippen molar-refractivity contribution in [2.75, 3.05) is 19.6 Å². The highest BCUT2D eigenvalue weighted by atomic mass is 32.1. The molecule has 1 N–H and O–H groups in total. The number of thiophene rings is 1. The maximum Gasteiger partial charge on any atom is 0.0331 e. The first kappa shape index (κ1) is 12.6. The van der Waals surface area contributed by atoms with Gasteiger partial charge in [-0.05, 0) is 56.2 Å². The fraction of sp³-hybridized carbons (Fsp3) is 0.733. The van der Waals surface area contributed by atoms with Crippen molar-refractivity contribution in [2.24, 2.45) is 0 Å². The molecule has 0 aliphatic carbocycles. The van der Waals surface area contributed by atoms with Gasteiger partial charge in [-0.3, -0.25) is 4.90 Å². The van der Waals surface area contributed by atoms with Crippen molar-refractivity contribution in [3.05, 3.63) is 21.9 Å². The fourth-order valence-electron chi connectivity index (χ4n) is 3.36. The summed E-state index contributed by atoms with van der Waals surface area (Å²) >= 11 is 1.94. The second-order valence-electron chi connectivity index (χ2n) is 5.70. The first-order valence-corrected chi connectivity index (χ1v) is 8.26. The zero-order valence-corrected chi connectivity index (χ0v) is 12.1. The molecule has 1 aromatic rings. The standard InChI is InChI=1S/C15H24N2S/c1-12-14-7-11-18-15(14)6-10-17(12)9-5-13-4-2-3-8-16-13/h7,11-13,16H,2-6,8-10H2,1H3. The summed E-state index contributed by atoms with van der Waals surface area (Å²) in [6.45, 7) is 6.11. The van der Waals surface area contributed by atoms with Crippen LogP contribution in [0.1, 0.15) is 49.1 Å². The molecule has 0 radical (unpaired) electrons. The smallest absolute Gasteiger partial charge is 0.0331 e. The SMILES string of the molecule is CC1c2ccsc2CCN1CCC1CCCCN1. The number of rotatable bonds is 3. The molecule has 3 heteroatoms. The summed E-state index contributed by atoms with van der Waals surface area (Å²) in [5.74, 6) is 0. The van der Waals surface area contributed by atoms with E-state index in [4.69, 9.17) is 0 Å². The molecule has 0 bridgehead atoms. The van der Waals surface area contributed by atoms with Gasteiger partial charge in [-0.15, -0.1) is 11.3 Å². The van der Waals surface area contributed by atoms with Crippen LogP contribution in [0.2, 0.25) is 0 Å². The van der Waals surface area contributed by atoms with Crippen molar-refractivity contribution < 1.29 is 0 Å². The van der Waals surface area contributed by atoms with Crippen molar-refractivity contribution in [2.45, 2.75) is 51.1 Å². The van der Waals surface area contributed by atoms with Crippen LogP contribution >= 0.6 is 11.3 Å². The minimum Gasteiger partial charge on any atom is -0.314 e. The number of nitrogens with one attached hydrogen (secondary N) is 1. The number of piperidine rings is 1. The molecule has 0 saturated carbocycles. The van der Waals surface area contributed by atoms with Gasteiger partial charge < -0.3 is 5.32 Å². The Bertz CT molecular complexity index is 382. The summed E-state index contributed by atoms with van der Waals surface area (Å²) in [6, 6.07) is 3.73. The first-order chi connectivity index (χ1) is 8.84. The number of fused-ring (bicyclic) bond motifs is 1. The quantitative estimate of drug-likeness (QED) is 0.902. The molecule has 100 valence electrons. The highest BCUT2D eigenvalue weighted by molar-refractivity contribution is 7.10.